The third-order valence-corrected chi connectivity index (χ3v) is 6.03. The van der Waals surface area contributed by atoms with E-state index in [2.05, 4.69) is 43.5 Å². The summed E-state index contributed by atoms with van der Waals surface area (Å²) < 4.78 is 11.2. The van der Waals surface area contributed by atoms with Gasteiger partial charge in [-0.3, -0.25) is 4.99 Å². The van der Waals surface area contributed by atoms with E-state index in [0.29, 0.717) is 5.92 Å². The number of guanidine groups is 1. The predicted molar refractivity (Wildman–Crippen MR) is 112 cm³/mol. The lowest BCUT2D eigenvalue weighted by Crippen LogP contribution is -2.51. The summed E-state index contributed by atoms with van der Waals surface area (Å²) in [6.07, 6.45) is 7.27. The molecule has 158 valence electrons. The Morgan fingerprint density at radius 1 is 1.30 bits per heavy atom. The van der Waals surface area contributed by atoms with Crippen molar-refractivity contribution in [3.8, 4) is 0 Å². The minimum absolute atomic E-state index is 0.201. The van der Waals surface area contributed by atoms with E-state index in [1.165, 1.54) is 25.7 Å². The second-order valence-electron chi connectivity index (χ2n) is 8.60. The van der Waals surface area contributed by atoms with Crippen molar-refractivity contribution in [2.24, 2.45) is 16.8 Å². The molecule has 2 rings (SSSR count). The lowest BCUT2D eigenvalue weighted by atomic mass is 9.75. The van der Waals surface area contributed by atoms with Gasteiger partial charge in [-0.15, -0.1) is 0 Å². The molecule has 0 radical (unpaired) electrons. The number of nitrogens with zero attached hydrogens (tertiary/aromatic N) is 2. The minimum atomic E-state index is 0.201. The summed E-state index contributed by atoms with van der Waals surface area (Å²) in [5.41, 5.74) is 0.201. The molecule has 2 N–H and O–H groups in total. The molecule has 3 atom stereocenters. The average Bonchev–Trinajstić information content (AvgIpc) is 3.15. The van der Waals surface area contributed by atoms with Crippen molar-refractivity contribution in [1.82, 2.24) is 15.5 Å². The van der Waals surface area contributed by atoms with Crippen molar-refractivity contribution < 1.29 is 9.47 Å². The molecule has 0 aromatic heterocycles. The van der Waals surface area contributed by atoms with Gasteiger partial charge < -0.3 is 25.0 Å². The summed E-state index contributed by atoms with van der Waals surface area (Å²) in [5, 5.41) is 6.86. The molecule has 1 saturated heterocycles. The van der Waals surface area contributed by atoms with Crippen molar-refractivity contribution in [3.63, 3.8) is 0 Å². The molecule has 0 bridgehead atoms. The van der Waals surface area contributed by atoms with Crippen molar-refractivity contribution >= 4 is 5.96 Å². The quantitative estimate of drug-likeness (QED) is 0.345. The maximum Gasteiger partial charge on any atom is 0.191 e. The predicted octanol–water partition coefficient (Wildman–Crippen LogP) is 2.50. The molecule has 6 nitrogen and oxygen atoms in total. The third kappa shape index (κ3) is 7.59. The van der Waals surface area contributed by atoms with E-state index in [0.717, 1.165) is 70.8 Å². The standard InChI is InChI=1S/C21H42N4O2/c1-5-22-20(23-11-7-12-26-15-19-9-13-27-16-19)24-17-21(25(3)4)10-6-8-18(2)14-21/h18-19H,5-17H2,1-4H3,(H2,22,23,24). The maximum absolute atomic E-state index is 5.79. The first-order valence-electron chi connectivity index (χ1n) is 10.9. The molecule has 0 aromatic carbocycles. The number of hydrogen-bond acceptors (Lipinski definition) is 4. The van der Waals surface area contributed by atoms with Crippen LogP contribution in [-0.2, 0) is 9.47 Å². The number of ether oxygens (including phenoxy) is 2. The van der Waals surface area contributed by atoms with Crippen molar-refractivity contribution in [2.75, 3.05) is 60.2 Å². The van der Waals surface area contributed by atoms with Crippen LogP contribution in [0.2, 0.25) is 0 Å². The lowest BCUT2D eigenvalue weighted by Gasteiger charge is -2.44. The SMILES string of the molecule is CCNC(=NCC1(N(C)C)CCCC(C)C1)NCCCOCC1CCOC1. The number of aliphatic imine (C=N–C) groups is 1. The van der Waals surface area contributed by atoms with E-state index >= 15 is 0 Å². The van der Waals surface area contributed by atoms with Crippen molar-refractivity contribution in [2.45, 2.75) is 57.9 Å². The summed E-state index contributed by atoms with van der Waals surface area (Å²) in [6.45, 7) is 10.5. The lowest BCUT2D eigenvalue weighted by molar-refractivity contribution is 0.0843. The molecule has 0 aromatic rings. The van der Waals surface area contributed by atoms with Crippen LogP contribution in [-0.4, -0.2) is 76.6 Å². The molecular weight excluding hydrogens is 340 g/mol. The molecule has 1 heterocycles. The van der Waals surface area contributed by atoms with Crippen molar-refractivity contribution in [1.29, 1.82) is 0 Å². The summed E-state index contributed by atoms with van der Waals surface area (Å²) in [4.78, 5) is 7.34. The van der Waals surface area contributed by atoms with Crippen LogP contribution in [0.4, 0.5) is 0 Å². The second-order valence-corrected chi connectivity index (χ2v) is 8.60. The summed E-state index contributed by atoms with van der Waals surface area (Å²) in [7, 11) is 4.42. The van der Waals surface area contributed by atoms with Crippen LogP contribution in [0, 0.1) is 11.8 Å². The fraction of sp³-hybridized carbons (Fsp3) is 0.952. The Hall–Kier alpha value is -0.850. The molecule has 1 aliphatic carbocycles. The Balaban J connectivity index is 1.73. The molecular formula is C21H42N4O2. The second kappa shape index (κ2) is 11.9. The Morgan fingerprint density at radius 3 is 2.81 bits per heavy atom. The molecule has 0 spiro atoms. The fourth-order valence-electron chi connectivity index (χ4n) is 4.24. The molecule has 1 aliphatic heterocycles. The molecule has 1 saturated carbocycles. The van der Waals surface area contributed by atoms with Crippen LogP contribution in [0.15, 0.2) is 4.99 Å². The van der Waals surface area contributed by atoms with E-state index in [-0.39, 0.29) is 5.54 Å². The average molecular weight is 383 g/mol. The number of rotatable bonds is 10. The summed E-state index contributed by atoms with van der Waals surface area (Å²) in [6, 6.07) is 0. The maximum atomic E-state index is 5.79. The Labute approximate surface area is 166 Å². The van der Waals surface area contributed by atoms with Crippen molar-refractivity contribution in [3.05, 3.63) is 0 Å². The molecule has 2 aliphatic rings. The molecule has 27 heavy (non-hydrogen) atoms. The Kier molecular flexibility index (Phi) is 9.87. The monoisotopic (exact) mass is 382 g/mol. The topological polar surface area (TPSA) is 58.1 Å². The largest absolute Gasteiger partial charge is 0.381 e. The van der Waals surface area contributed by atoms with Gasteiger partial charge in [0.15, 0.2) is 5.96 Å². The van der Waals surface area contributed by atoms with Gasteiger partial charge in [-0.2, -0.15) is 0 Å². The Bertz CT molecular complexity index is 438. The van der Waals surface area contributed by atoms with Gasteiger partial charge in [0, 0.05) is 37.8 Å². The number of likely N-dealkylation sites (N-methyl/N-ethyl adjacent to an activating group) is 1. The van der Waals surface area contributed by atoms with Gasteiger partial charge in [0.25, 0.3) is 0 Å². The zero-order chi connectivity index (χ0) is 19.5. The number of nitrogens with one attached hydrogen (secondary N) is 2. The van der Waals surface area contributed by atoms with E-state index in [9.17, 15) is 0 Å². The highest BCUT2D eigenvalue weighted by molar-refractivity contribution is 5.79. The van der Waals surface area contributed by atoms with Crippen LogP contribution in [0.1, 0.15) is 52.4 Å². The fourth-order valence-corrected chi connectivity index (χ4v) is 4.24. The Morgan fingerprint density at radius 2 is 2.15 bits per heavy atom. The highest BCUT2D eigenvalue weighted by atomic mass is 16.5. The van der Waals surface area contributed by atoms with Gasteiger partial charge in [-0.05, 0) is 52.6 Å². The zero-order valence-corrected chi connectivity index (χ0v) is 18.1. The van der Waals surface area contributed by atoms with Crippen LogP contribution in [0.25, 0.3) is 0 Å². The van der Waals surface area contributed by atoms with E-state index in [1.54, 1.807) is 0 Å². The normalized spacial score (nSPS) is 29.3. The van der Waals surface area contributed by atoms with Gasteiger partial charge in [0.05, 0.1) is 19.8 Å². The van der Waals surface area contributed by atoms with Gasteiger partial charge in [-0.1, -0.05) is 19.8 Å². The molecule has 2 fully saturated rings. The minimum Gasteiger partial charge on any atom is -0.381 e. The van der Waals surface area contributed by atoms with Gasteiger partial charge in [0.2, 0.25) is 0 Å². The smallest absolute Gasteiger partial charge is 0.191 e. The first-order chi connectivity index (χ1) is 13.1. The van der Waals surface area contributed by atoms with Crippen LogP contribution in [0.3, 0.4) is 0 Å². The van der Waals surface area contributed by atoms with Gasteiger partial charge in [-0.25, -0.2) is 0 Å². The molecule has 6 heteroatoms. The zero-order valence-electron chi connectivity index (χ0n) is 18.1. The number of hydrogen-bond donors (Lipinski definition) is 2. The molecule has 3 unspecified atom stereocenters. The molecule has 0 amide bonds. The summed E-state index contributed by atoms with van der Waals surface area (Å²) >= 11 is 0. The van der Waals surface area contributed by atoms with Crippen LogP contribution < -0.4 is 10.6 Å². The highest BCUT2D eigenvalue weighted by Gasteiger charge is 2.36. The van der Waals surface area contributed by atoms with E-state index < -0.39 is 0 Å². The van der Waals surface area contributed by atoms with Crippen LogP contribution in [0.5, 0.6) is 0 Å². The van der Waals surface area contributed by atoms with Crippen LogP contribution >= 0.6 is 0 Å². The highest BCUT2D eigenvalue weighted by Crippen LogP contribution is 2.35. The first-order valence-corrected chi connectivity index (χ1v) is 10.9. The third-order valence-electron chi connectivity index (χ3n) is 6.03. The van der Waals surface area contributed by atoms with Gasteiger partial charge in [0.1, 0.15) is 0 Å². The first kappa shape index (κ1) is 22.4. The summed E-state index contributed by atoms with van der Waals surface area (Å²) in [5.74, 6) is 2.31. The van der Waals surface area contributed by atoms with E-state index in [4.69, 9.17) is 14.5 Å². The van der Waals surface area contributed by atoms with E-state index in [1.807, 2.05) is 0 Å². The van der Waals surface area contributed by atoms with Gasteiger partial charge >= 0.3 is 0 Å².